The monoisotopic (exact) mass is 179 g/mol. The Kier molecular flexibility index (Phi) is 3.28. The summed E-state index contributed by atoms with van der Waals surface area (Å²) in [6.07, 6.45) is -0.840. The number of carbonyl (C=O) groups excluding carboxylic acids is 1. The molecule has 1 aromatic rings. The molecule has 0 saturated carbocycles. The van der Waals surface area contributed by atoms with Gasteiger partial charge in [-0.15, -0.1) is 0 Å². The first kappa shape index (κ1) is 9.54. The molecule has 1 aromatic carbocycles. The van der Waals surface area contributed by atoms with Gasteiger partial charge in [0.2, 0.25) is 0 Å². The van der Waals surface area contributed by atoms with Crippen molar-refractivity contribution in [3.05, 3.63) is 35.9 Å². The van der Waals surface area contributed by atoms with Crippen molar-refractivity contribution >= 4 is 6.09 Å². The lowest BCUT2D eigenvalue weighted by Gasteiger charge is -2.09. The quantitative estimate of drug-likeness (QED) is 0.754. The van der Waals surface area contributed by atoms with Crippen LogP contribution < -0.4 is 11.5 Å². The van der Waals surface area contributed by atoms with Gasteiger partial charge in [0, 0.05) is 0 Å². The van der Waals surface area contributed by atoms with E-state index in [-0.39, 0.29) is 6.61 Å². The molecule has 0 heterocycles. The van der Waals surface area contributed by atoms with Gasteiger partial charge in [-0.1, -0.05) is 30.3 Å². The van der Waals surface area contributed by atoms with Crippen LogP contribution in [0, 0.1) is 0 Å². The third-order valence-corrected chi connectivity index (χ3v) is 1.59. The molecule has 1 rings (SSSR count). The largest absolute Gasteiger partial charge is 0.448 e. The summed E-state index contributed by atoms with van der Waals surface area (Å²) in [6, 6.07) is 8.59. The molecule has 0 spiro atoms. The van der Waals surface area contributed by atoms with E-state index in [0.717, 1.165) is 5.56 Å². The van der Waals surface area contributed by atoms with Crippen molar-refractivity contribution < 1.29 is 9.53 Å². The van der Waals surface area contributed by atoms with Crippen molar-refractivity contribution in [3.8, 4) is 0 Å². The minimum absolute atomic E-state index is 0.000648. The molecule has 13 heavy (non-hydrogen) atoms. The number of rotatable bonds is 3. The zero-order chi connectivity index (χ0) is 9.68. The van der Waals surface area contributed by atoms with E-state index in [2.05, 4.69) is 4.74 Å². The average Bonchev–Trinajstić information content (AvgIpc) is 2.15. The zero-order valence-electron chi connectivity index (χ0n) is 7.07. The van der Waals surface area contributed by atoms with Gasteiger partial charge in [0.1, 0.15) is 6.61 Å². The van der Waals surface area contributed by atoms with Crippen LogP contribution >= 0.6 is 0 Å². The Morgan fingerprint density at radius 2 is 2.08 bits per heavy atom. The predicted octanol–water partition coefficient (Wildman–Crippen LogP) is 1.11. The van der Waals surface area contributed by atoms with Crippen molar-refractivity contribution in [2.75, 3.05) is 6.61 Å². The second kappa shape index (κ2) is 4.47. The van der Waals surface area contributed by atoms with E-state index >= 15 is 0 Å². The van der Waals surface area contributed by atoms with E-state index in [9.17, 15) is 4.79 Å². The lowest BCUT2D eigenvalue weighted by atomic mass is 10.1. The summed E-state index contributed by atoms with van der Waals surface area (Å²) < 4.78 is 4.51. The number of hydrogen-bond donors (Lipinski definition) is 1. The number of nitrogens with two attached hydrogens (primary N) is 1. The molecule has 0 saturated heterocycles. The van der Waals surface area contributed by atoms with Gasteiger partial charge in [0.25, 0.3) is 0 Å². The maximum atomic E-state index is 10.3. The smallest absolute Gasteiger partial charge is 0.404 e. The average molecular weight is 179 g/mol. The molecule has 4 nitrogen and oxygen atoms in total. The normalized spacial score (nSPS) is 12.1. The van der Waals surface area contributed by atoms with Crippen LogP contribution in [0.5, 0.6) is 0 Å². The lowest BCUT2D eigenvalue weighted by Crippen LogP contribution is -2.18. The highest BCUT2D eigenvalue weighted by molar-refractivity contribution is 5.64. The Hall–Kier alpha value is -1.55. The first-order valence-electron chi connectivity index (χ1n) is 3.88. The summed E-state index contributed by atoms with van der Waals surface area (Å²) in [4.78, 5) is 10.3. The minimum atomic E-state index is -0.840. The molecule has 1 radical (unpaired) electrons. The Morgan fingerprint density at radius 3 is 2.62 bits per heavy atom. The Morgan fingerprint density at radius 1 is 1.46 bits per heavy atom. The van der Waals surface area contributed by atoms with Crippen LogP contribution in [-0.2, 0) is 4.74 Å². The second-order valence-corrected chi connectivity index (χ2v) is 2.59. The molecule has 0 aromatic heterocycles. The van der Waals surface area contributed by atoms with E-state index in [1.165, 1.54) is 0 Å². The van der Waals surface area contributed by atoms with Crippen molar-refractivity contribution in [1.82, 2.24) is 5.73 Å². The van der Waals surface area contributed by atoms with Gasteiger partial charge in [-0.25, -0.2) is 10.5 Å². The Labute approximate surface area is 76.5 Å². The van der Waals surface area contributed by atoms with Crippen molar-refractivity contribution in [1.29, 1.82) is 0 Å². The van der Waals surface area contributed by atoms with Crippen LogP contribution in [0.25, 0.3) is 0 Å². The maximum Gasteiger partial charge on any atom is 0.404 e. The fourth-order valence-electron chi connectivity index (χ4n) is 0.947. The Balaban J connectivity index is 2.49. The first-order chi connectivity index (χ1) is 6.20. The maximum absolute atomic E-state index is 10.3. The third-order valence-electron chi connectivity index (χ3n) is 1.59. The van der Waals surface area contributed by atoms with Crippen molar-refractivity contribution in [2.45, 2.75) is 6.04 Å². The van der Waals surface area contributed by atoms with Gasteiger partial charge in [0.05, 0.1) is 6.04 Å². The summed E-state index contributed by atoms with van der Waals surface area (Å²) in [5.74, 6) is 0. The van der Waals surface area contributed by atoms with Gasteiger partial charge in [-0.3, -0.25) is 0 Å². The highest BCUT2D eigenvalue weighted by atomic mass is 16.5. The van der Waals surface area contributed by atoms with E-state index in [1.54, 1.807) is 0 Å². The fourth-order valence-corrected chi connectivity index (χ4v) is 0.947. The number of benzene rings is 1. The molecule has 0 fully saturated rings. The van der Waals surface area contributed by atoms with Gasteiger partial charge in [-0.2, -0.15) is 0 Å². The summed E-state index contributed by atoms with van der Waals surface area (Å²) in [7, 11) is 0. The van der Waals surface area contributed by atoms with Crippen LogP contribution in [0.3, 0.4) is 0 Å². The molecular weight excluding hydrogens is 168 g/mol. The second-order valence-electron chi connectivity index (χ2n) is 2.59. The fraction of sp³-hybridized carbons (Fsp3) is 0.222. The summed E-state index contributed by atoms with van der Waals surface area (Å²) >= 11 is 0. The summed E-state index contributed by atoms with van der Waals surface area (Å²) in [5.41, 5.74) is 13.2. The zero-order valence-corrected chi connectivity index (χ0v) is 7.07. The third kappa shape index (κ3) is 3.13. The highest BCUT2D eigenvalue weighted by Gasteiger charge is 2.07. The van der Waals surface area contributed by atoms with E-state index < -0.39 is 12.1 Å². The van der Waals surface area contributed by atoms with E-state index in [0.29, 0.717) is 0 Å². The first-order valence-corrected chi connectivity index (χ1v) is 3.88. The standard InChI is InChI=1S/C9H11N2O2/c10-8(6-13-9(11)12)7-4-2-1-3-5-7/h1-5,8,10H,6H2,(H2,11,12). The van der Waals surface area contributed by atoms with Gasteiger partial charge in [-0.05, 0) is 5.56 Å². The minimum Gasteiger partial charge on any atom is -0.448 e. The molecule has 0 aliphatic rings. The van der Waals surface area contributed by atoms with Crippen molar-refractivity contribution in [3.63, 3.8) is 0 Å². The van der Waals surface area contributed by atoms with E-state index in [4.69, 9.17) is 11.5 Å². The molecule has 1 amide bonds. The van der Waals surface area contributed by atoms with Crippen LogP contribution in [-0.4, -0.2) is 12.7 Å². The Bertz CT molecular complexity index is 274. The number of hydrogen-bond acceptors (Lipinski definition) is 2. The van der Waals surface area contributed by atoms with Crippen LogP contribution in [0.4, 0.5) is 4.79 Å². The number of carbonyl (C=O) groups is 1. The molecule has 0 aliphatic carbocycles. The van der Waals surface area contributed by atoms with Gasteiger partial charge < -0.3 is 10.5 Å². The van der Waals surface area contributed by atoms with Crippen LogP contribution in [0.15, 0.2) is 30.3 Å². The highest BCUT2D eigenvalue weighted by Crippen LogP contribution is 2.10. The van der Waals surface area contributed by atoms with Gasteiger partial charge >= 0.3 is 6.09 Å². The number of amides is 1. The van der Waals surface area contributed by atoms with Crippen molar-refractivity contribution in [2.24, 2.45) is 5.73 Å². The molecule has 0 bridgehead atoms. The molecule has 69 valence electrons. The number of primary amides is 1. The topological polar surface area (TPSA) is 76.1 Å². The molecule has 4 heteroatoms. The lowest BCUT2D eigenvalue weighted by molar-refractivity contribution is 0.148. The number of nitrogens with one attached hydrogen (secondary N) is 1. The van der Waals surface area contributed by atoms with Crippen LogP contribution in [0.1, 0.15) is 11.6 Å². The summed E-state index contributed by atoms with van der Waals surface area (Å²) in [5, 5.41) is 0. The number of ether oxygens (including phenoxy) is 1. The molecule has 3 N–H and O–H groups in total. The molecular formula is C9H11N2O2. The van der Waals surface area contributed by atoms with E-state index in [1.807, 2.05) is 30.3 Å². The van der Waals surface area contributed by atoms with Crippen LogP contribution in [0.2, 0.25) is 0 Å². The predicted molar refractivity (Wildman–Crippen MR) is 47.8 cm³/mol. The SMILES string of the molecule is [NH]C(COC(N)=O)c1ccccc1. The summed E-state index contributed by atoms with van der Waals surface area (Å²) in [6.45, 7) is -0.000648. The van der Waals surface area contributed by atoms with Gasteiger partial charge in [0.15, 0.2) is 0 Å². The molecule has 1 unspecified atom stereocenters. The molecule has 0 aliphatic heterocycles. The molecule has 1 atom stereocenters.